The van der Waals surface area contributed by atoms with Crippen molar-refractivity contribution in [1.29, 1.82) is 0 Å². The Balaban J connectivity index is 2.53. The molecule has 2 rings (SSSR count). The number of aromatic hydroxyl groups is 1. The van der Waals surface area contributed by atoms with E-state index < -0.39 is 0 Å². The topological polar surface area (TPSA) is 41.8 Å². The van der Waals surface area contributed by atoms with Crippen LogP contribution in [0.3, 0.4) is 0 Å². The fourth-order valence-electron chi connectivity index (χ4n) is 1.02. The van der Waals surface area contributed by atoms with Crippen molar-refractivity contribution in [2.45, 2.75) is 0 Å². The SMILES string of the molecule is Oc1ccc2c(c1)C=CC=NO2. The molecule has 0 atom stereocenters. The molecule has 0 amide bonds. The molecule has 0 aliphatic carbocycles. The van der Waals surface area contributed by atoms with Crippen LogP contribution in [0.2, 0.25) is 0 Å². The number of allylic oxidation sites excluding steroid dienone is 1. The third kappa shape index (κ3) is 1.16. The molecular formula is C9H7NO2. The van der Waals surface area contributed by atoms with Crippen LogP contribution in [0.15, 0.2) is 29.4 Å². The number of nitrogens with zero attached hydrogens (tertiary/aromatic N) is 1. The molecule has 0 saturated heterocycles. The lowest BCUT2D eigenvalue weighted by molar-refractivity contribution is 0.343. The second-order valence-electron chi connectivity index (χ2n) is 2.43. The fraction of sp³-hybridized carbons (Fsp3) is 0. The van der Waals surface area contributed by atoms with E-state index in [1.165, 1.54) is 0 Å². The molecule has 1 N–H and O–H groups in total. The first-order valence-corrected chi connectivity index (χ1v) is 3.56. The number of hydrogen-bond acceptors (Lipinski definition) is 3. The molecule has 12 heavy (non-hydrogen) atoms. The summed E-state index contributed by atoms with van der Waals surface area (Å²) in [5.74, 6) is 0.877. The van der Waals surface area contributed by atoms with Gasteiger partial charge in [-0.1, -0.05) is 5.16 Å². The summed E-state index contributed by atoms with van der Waals surface area (Å²) >= 11 is 0. The highest BCUT2D eigenvalue weighted by Gasteiger charge is 2.03. The average Bonchev–Trinajstić information content (AvgIpc) is 2.28. The van der Waals surface area contributed by atoms with Crippen LogP contribution >= 0.6 is 0 Å². The van der Waals surface area contributed by atoms with Crippen molar-refractivity contribution in [3.8, 4) is 11.5 Å². The van der Waals surface area contributed by atoms with Crippen LogP contribution < -0.4 is 4.84 Å². The summed E-state index contributed by atoms with van der Waals surface area (Å²) in [4.78, 5) is 5.00. The van der Waals surface area contributed by atoms with Crippen molar-refractivity contribution >= 4 is 12.3 Å². The van der Waals surface area contributed by atoms with Gasteiger partial charge in [0, 0.05) is 5.56 Å². The van der Waals surface area contributed by atoms with Gasteiger partial charge in [-0.25, -0.2) is 0 Å². The van der Waals surface area contributed by atoms with Gasteiger partial charge < -0.3 is 9.94 Å². The Labute approximate surface area is 69.6 Å². The predicted molar refractivity (Wildman–Crippen MR) is 46.3 cm³/mol. The minimum absolute atomic E-state index is 0.226. The van der Waals surface area contributed by atoms with E-state index in [1.54, 1.807) is 30.5 Å². The lowest BCUT2D eigenvalue weighted by Crippen LogP contribution is -1.83. The number of benzene rings is 1. The molecule has 0 fully saturated rings. The Morgan fingerprint density at radius 2 is 2.25 bits per heavy atom. The smallest absolute Gasteiger partial charge is 0.165 e. The Kier molecular flexibility index (Phi) is 1.55. The van der Waals surface area contributed by atoms with Crippen molar-refractivity contribution in [3.63, 3.8) is 0 Å². The van der Waals surface area contributed by atoms with E-state index >= 15 is 0 Å². The average molecular weight is 161 g/mol. The number of fused-ring (bicyclic) bond motifs is 1. The Hall–Kier alpha value is -1.77. The summed E-state index contributed by atoms with van der Waals surface area (Å²) in [6.45, 7) is 0. The van der Waals surface area contributed by atoms with Crippen molar-refractivity contribution in [2.75, 3.05) is 0 Å². The monoisotopic (exact) mass is 161 g/mol. The molecule has 1 aliphatic rings. The lowest BCUT2D eigenvalue weighted by atomic mass is 10.2. The van der Waals surface area contributed by atoms with Gasteiger partial charge in [-0.3, -0.25) is 0 Å². The van der Waals surface area contributed by atoms with E-state index in [2.05, 4.69) is 5.16 Å². The van der Waals surface area contributed by atoms with Crippen LogP contribution in [-0.2, 0) is 0 Å². The minimum atomic E-state index is 0.226. The first kappa shape index (κ1) is 6.91. The molecule has 0 spiro atoms. The molecule has 1 aliphatic heterocycles. The minimum Gasteiger partial charge on any atom is -0.508 e. The number of hydrogen-bond donors (Lipinski definition) is 1. The van der Waals surface area contributed by atoms with Gasteiger partial charge in [0.05, 0.1) is 6.21 Å². The van der Waals surface area contributed by atoms with Crippen molar-refractivity contribution in [2.24, 2.45) is 5.16 Å². The third-order valence-electron chi connectivity index (χ3n) is 1.57. The van der Waals surface area contributed by atoms with Crippen molar-refractivity contribution in [3.05, 3.63) is 29.8 Å². The summed E-state index contributed by atoms with van der Waals surface area (Å²) in [5.41, 5.74) is 0.826. The van der Waals surface area contributed by atoms with E-state index in [4.69, 9.17) is 9.94 Å². The van der Waals surface area contributed by atoms with Crippen LogP contribution in [0.4, 0.5) is 0 Å². The maximum Gasteiger partial charge on any atom is 0.165 e. The summed E-state index contributed by atoms with van der Waals surface area (Å²) in [7, 11) is 0. The third-order valence-corrected chi connectivity index (χ3v) is 1.57. The Morgan fingerprint density at radius 3 is 3.17 bits per heavy atom. The first-order chi connectivity index (χ1) is 5.86. The normalized spacial score (nSPS) is 13.3. The first-order valence-electron chi connectivity index (χ1n) is 3.56. The predicted octanol–water partition coefficient (Wildman–Crippen LogP) is 1.78. The van der Waals surface area contributed by atoms with Gasteiger partial charge in [0.15, 0.2) is 5.75 Å². The van der Waals surface area contributed by atoms with Crippen LogP contribution in [-0.4, -0.2) is 11.3 Å². The van der Waals surface area contributed by atoms with Crippen molar-refractivity contribution in [1.82, 2.24) is 0 Å². The molecule has 0 saturated carbocycles. The van der Waals surface area contributed by atoms with Crippen LogP contribution in [0.5, 0.6) is 11.5 Å². The van der Waals surface area contributed by atoms with Crippen LogP contribution in [0, 0.1) is 0 Å². The standard InChI is InChI=1S/C9H7NO2/c11-8-3-4-9-7(6-8)2-1-5-10-12-9/h1-6,11H. The summed E-state index contributed by atoms with van der Waals surface area (Å²) in [5, 5.41) is 12.8. The van der Waals surface area contributed by atoms with E-state index in [1.807, 2.05) is 6.08 Å². The molecular weight excluding hydrogens is 154 g/mol. The summed E-state index contributed by atoms with van der Waals surface area (Å²) in [6, 6.07) is 4.87. The van der Waals surface area contributed by atoms with Crippen LogP contribution in [0.25, 0.3) is 6.08 Å². The van der Waals surface area contributed by atoms with E-state index in [0.717, 1.165) is 5.56 Å². The molecule has 3 nitrogen and oxygen atoms in total. The fourth-order valence-corrected chi connectivity index (χ4v) is 1.02. The largest absolute Gasteiger partial charge is 0.508 e. The Morgan fingerprint density at radius 1 is 1.33 bits per heavy atom. The number of oxime groups is 1. The number of phenols is 1. The van der Waals surface area contributed by atoms with Gasteiger partial charge in [-0.15, -0.1) is 0 Å². The molecule has 1 heterocycles. The molecule has 1 aromatic rings. The van der Waals surface area contributed by atoms with Gasteiger partial charge in [-0.05, 0) is 30.4 Å². The second kappa shape index (κ2) is 2.70. The Bertz CT molecular complexity index is 356. The molecule has 0 bridgehead atoms. The van der Waals surface area contributed by atoms with E-state index in [0.29, 0.717) is 5.75 Å². The number of phenolic OH excluding ortho intramolecular Hbond substituents is 1. The molecule has 0 radical (unpaired) electrons. The van der Waals surface area contributed by atoms with Gasteiger partial charge >= 0.3 is 0 Å². The number of rotatable bonds is 0. The lowest BCUT2D eigenvalue weighted by Gasteiger charge is -2.01. The van der Waals surface area contributed by atoms with E-state index in [-0.39, 0.29) is 5.75 Å². The maximum atomic E-state index is 9.15. The van der Waals surface area contributed by atoms with Gasteiger partial charge in [0.1, 0.15) is 5.75 Å². The zero-order valence-corrected chi connectivity index (χ0v) is 6.27. The summed E-state index contributed by atoms with van der Waals surface area (Å²) < 4.78 is 0. The maximum absolute atomic E-state index is 9.15. The van der Waals surface area contributed by atoms with Crippen LogP contribution in [0.1, 0.15) is 5.56 Å². The highest BCUT2D eigenvalue weighted by Crippen LogP contribution is 2.25. The molecule has 3 heteroatoms. The zero-order valence-electron chi connectivity index (χ0n) is 6.27. The highest BCUT2D eigenvalue weighted by atomic mass is 16.6. The molecule has 0 unspecified atom stereocenters. The van der Waals surface area contributed by atoms with Gasteiger partial charge in [0.2, 0.25) is 0 Å². The summed E-state index contributed by atoms with van der Waals surface area (Å²) in [6.07, 6.45) is 5.13. The quantitative estimate of drug-likeness (QED) is 0.630. The molecule has 1 aromatic carbocycles. The zero-order chi connectivity index (χ0) is 8.39. The van der Waals surface area contributed by atoms with Gasteiger partial charge in [0.25, 0.3) is 0 Å². The van der Waals surface area contributed by atoms with Crippen molar-refractivity contribution < 1.29 is 9.94 Å². The molecule has 0 aromatic heterocycles. The van der Waals surface area contributed by atoms with E-state index in [9.17, 15) is 0 Å². The van der Waals surface area contributed by atoms with Gasteiger partial charge in [-0.2, -0.15) is 0 Å². The second-order valence-corrected chi connectivity index (χ2v) is 2.43. The molecule has 60 valence electrons. The highest BCUT2D eigenvalue weighted by molar-refractivity contribution is 5.80.